The van der Waals surface area contributed by atoms with Crippen LogP contribution in [0.5, 0.6) is 0 Å². The van der Waals surface area contributed by atoms with Crippen molar-refractivity contribution in [1.82, 2.24) is 9.34 Å². The van der Waals surface area contributed by atoms with Gasteiger partial charge in [0, 0.05) is 0 Å². The summed E-state index contributed by atoms with van der Waals surface area (Å²) >= 11 is 0. The molecule has 34 heavy (non-hydrogen) atoms. The molecule has 0 atom stereocenters. The van der Waals surface area contributed by atoms with Crippen LogP contribution in [0.25, 0.3) is 0 Å². The van der Waals surface area contributed by atoms with Gasteiger partial charge < -0.3 is 0 Å². The Morgan fingerprint density at radius 2 is 0.618 bits per heavy atom. The number of hydrogen-bond acceptors (Lipinski definition) is 6. The molecule has 8 heteroatoms. The van der Waals surface area contributed by atoms with Crippen LogP contribution in [0, 0.1) is 0 Å². The quantitative estimate of drug-likeness (QED) is 0.170. The molecule has 2 N–H and O–H groups in total. The van der Waals surface area contributed by atoms with Gasteiger partial charge in [-0.15, -0.1) is 0 Å². The van der Waals surface area contributed by atoms with E-state index < -0.39 is 14.4 Å². The molecule has 0 aromatic carbocycles. The van der Waals surface area contributed by atoms with E-state index in [9.17, 15) is 9.79 Å². The van der Waals surface area contributed by atoms with Crippen molar-refractivity contribution in [2.45, 2.75) is 158 Å². The summed E-state index contributed by atoms with van der Waals surface area (Å²) in [4.78, 5) is 25.3. The van der Waals surface area contributed by atoms with Gasteiger partial charge in [-0.3, -0.25) is 0 Å². The number of rotatable bonds is 15. The van der Waals surface area contributed by atoms with Gasteiger partial charge in [0.1, 0.15) is 0 Å². The van der Waals surface area contributed by atoms with Crippen LogP contribution < -0.4 is 0 Å². The van der Waals surface area contributed by atoms with E-state index in [-0.39, 0.29) is 60.0 Å². The summed E-state index contributed by atoms with van der Waals surface area (Å²) < 4.78 is 17.9. The van der Waals surface area contributed by atoms with Crippen LogP contribution >= 0.6 is 14.4 Å². The third kappa shape index (κ3) is 5.70. The Morgan fingerprint density at radius 1 is 0.441 bits per heavy atom. The Balaban J connectivity index is 6.40. The molecule has 6 nitrogen and oxygen atoms in total. The normalized spacial score (nSPS) is 16.8. The summed E-state index contributed by atoms with van der Waals surface area (Å²) in [7, 11) is -7.57. The Labute approximate surface area is 213 Å². The first kappa shape index (κ1) is 34.6. The van der Waals surface area contributed by atoms with Gasteiger partial charge in [0.15, 0.2) is 0 Å². The molecule has 0 saturated carbocycles. The predicted octanol–water partition coefficient (Wildman–Crippen LogP) is 7.47. The molecule has 0 aromatic heterocycles. The molecular formula is C26H62N2O4P2. The van der Waals surface area contributed by atoms with E-state index in [1.807, 2.05) is 0 Å². The molecule has 0 aromatic rings. The van der Waals surface area contributed by atoms with E-state index in [0.717, 1.165) is 0 Å². The van der Waals surface area contributed by atoms with Crippen molar-refractivity contribution in [3.8, 4) is 0 Å². The summed E-state index contributed by atoms with van der Waals surface area (Å²) in [5.41, 5.74) is -0.229. The standard InChI is InChI=1S/C26H62N2O4P2/c1-19(2)27(20(3)4)33(29,23(9)10,24(11)12)31-17-18-32-34(30,25(13)14,26(15)16)28(21(5)6)22(7)8/h19-26,29-30H,17-18H2,1-16H3. The first-order chi connectivity index (χ1) is 15.1. The van der Waals surface area contributed by atoms with Gasteiger partial charge in [0.05, 0.1) is 0 Å². The Bertz CT molecular complexity index is 550. The van der Waals surface area contributed by atoms with Gasteiger partial charge >= 0.3 is 213 Å². The Hall–Kier alpha value is 0.620. The molecule has 0 fully saturated rings. The van der Waals surface area contributed by atoms with Crippen LogP contribution in [0.3, 0.4) is 0 Å². The van der Waals surface area contributed by atoms with Crippen molar-refractivity contribution in [2.75, 3.05) is 13.2 Å². The zero-order valence-electron chi connectivity index (χ0n) is 25.5. The van der Waals surface area contributed by atoms with Crippen molar-refractivity contribution >= 4 is 14.4 Å². The van der Waals surface area contributed by atoms with Gasteiger partial charge in [0.25, 0.3) is 0 Å². The van der Waals surface area contributed by atoms with Crippen molar-refractivity contribution in [3.63, 3.8) is 0 Å². The molecule has 0 amide bonds. The van der Waals surface area contributed by atoms with E-state index in [4.69, 9.17) is 9.05 Å². The zero-order valence-corrected chi connectivity index (χ0v) is 27.3. The monoisotopic (exact) mass is 528 g/mol. The van der Waals surface area contributed by atoms with Crippen molar-refractivity contribution in [1.29, 1.82) is 0 Å². The van der Waals surface area contributed by atoms with Gasteiger partial charge in [-0.25, -0.2) is 0 Å². The van der Waals surface area contributed by atoms with E-state index in [2.05, 4.69) is 120 Å². The number of nitrogens with zero attached hydrogens (tertiary/aromatic N) is 2. The van der Waals surface area contributed by atoms with Crippen LogP contribution in [0.4, 0.5) is 0 Å². The SMILES string of the molecule is CC(C)N(C(C)C)P(O)(OCCOP(O)(C(C)C)(C(C)C)N(C(C)C)C(C)C)(C(C)C)C(C)C. The van der Waals surface area contributed by atoms with Crippen LogP contribution in [0.15, 0.2) is 0 Å². The topological polar surface area (TPSA) is 65.4 Å². The van der Waals surface area contributed by atoms with Crippen LogP contribution in [0.1, 0.15) is 111 Å². The van der Waals surface area contributed by atoms with Crippen LogP contribution in [0.2, 0.25) is 0 Å². The van der Waals surface area contributed by atoms with Crippen LogP contribution in [-0.2, 0) is 9.05 Å². The molecular weight excluding hydrogens is 466 g/mol. The van der Waals surface area contributed by atoms with E-state index in [1.54, 1.807) is 0 Å². The second-order valence-electron chi connectivity index (χ2n) is 12.3. The van der Waals surface area contributed by atoms with Crippen molar-refractivity contribution in [2.24, 2.45) is 0 Å². The molecule has 0 bridgehead atoms. The molecule has 0 spiro atoms. The first-order valence-electron chi connectivity index (χ1n) is 13.5. The fourth-order valence-electron chi connectivity index (χ4n) is 6.49. The van der Waals surface area contributed by atoms with Gasteiger partial charge in [-0.1, -0.05) is 0 Å². The molecule has 0 rings (SSSR count). The fourth-order valence-corrected chi connectivity index (χ4v) is 17.1. The molecule has 0 aliphatic heterocycles. The summed E-state index contributed by atoms with van der Waals surface area (Å²) in [6.07, 6.45) is 0. The Morgan fingerprint density at radius 3 is 0.735 bits per heavy atom. The molecule has 0 radical (unpaired) electrons. The maximum absolute atomic E-state index is 12.6. The minimum atomic E-state index is -3.79. The Kier molecular flexibility index (Phi) is 12.2. The summed E-state index contributed by atoms with van der Waals surface area (Å²) in [5, 5.41) is 0. The number of hydrogen-bond donors (Lipinski definition) is 2. The molecule has 0 heterocycles. The fraction of sp³-hybridized carbons (Fsp3) is 1.00. The second-order valence-corrected chi connectivity index (χ2v) is 22.2. The first-order valence-corrected chi connectivity index (χ1v) is 17.9. The predicted molar refractivity (Wildman–Crippen MR) is 155 cm³/mol. The van der Waals surface area contributed by atoms with E-state index in [0.29, 0.717) is 0 Å². The second kappa shape index (κ2) is 12.0. The van der Waals surface area contributed by atoms with E-state index >= 15 is 0 Å². The third-order valence-electron chi connectivity index (χ3n) is 7.72. The van der Waals surface area contributed by atoms with Crippen molar-refractivity contribution < 1.29 is 18.8 Å². The molecule has 0 aliphatic rings. The molecule has 210 valence electrons. The van der Waals surface area contributed by atoms with Crippen molar-refractivity contribution in [3.05, 3.63) is 0 Å². The van der Waals surface area contributed by atoms with Gasteiger partial charge in [-0.2, -0.15) is 0 Å². The zero-order chi connectivity index (χ0) is 27.5. The summed E-state index contributed by atoms with van der Waals surface area (Å²) in [6.45, 7) is 34.1. The maximum atomic E-state index is 12.6. The summed E-state index contributed by atoms with van der Waals surface area (Å²) in [6, 6.07) is 0.534. The minimum absolute atomic E-state index is 0.0572. The van der Waals surface area contributed by atoms with Crippen LogP contribution in [-0.4, -0.2) is 79.1 Å². The van der Waals surface area contributed by atoms with Gasteiger partial charge in [0.2, 0.25) is 0 Å². The average Bonchev–Trinajstić information content (AvgIpc) is 2.63. The average molecular weight is 529 g/mol. The molecule has 0 aliphatic carbocycles. The third-order valence-corrected chi connectivity index (χ3v) is 20.6. The molecule has 0 saturated heterocycles. The van der Waals surface area contributed by atoms with E-state index in [1.165, 1.54) is 0 Å². The van der Waals surface area contributed by atoms with Gasteiger partial charge in [-0.05, 0) is 0 Å². The molecule has 0 unspecified atom stereocenters. The summed E-state index contributed by atoms with van der Waals surface area (Å²) in [5.74, 6) is 0.